The Morgan fingerprint density at radius 2 is 2.10 bits per heavy atom. The summed E-state index contributed by atoms with van der Waals surface area (Å²) in [5, 5.41) is 12.8. The smallest absolute Gasteiger partial charge is 0.339 e. The maximum atomic E-state index is 11.7. The van der Waals surface area contributed by atoms with Gasteiger partial charge in [0, 0.05) is 19.4 Å². The van der Waals surface area contributed by atoms with Crippen LogP contribution in [0.1, 0.15) is 23.0 Å². The van der Waals surface area contributed by atoms with Crippen molar-refractivity contribution in [1.29, 1.82) is 0 Å². The number of ether oxygens (including phenoxy) is 1. The molecule has 0 radical (unpaired) electrons. The Kier molecular flexibility index (Phi) is 3.17. The van der Waals surface area contributed by atoms with Crippen LogP contribution in [0.5, 0.6) is 0 Å². The number of pyridine rings is 1. The summed E-state index contributed by atoms with van der Waals surface area (Å²) in [5.74, 6) is 0.277. The van der Waals surface area contributed by atoms with Crippen molar-refractivity contribution in [2.24, 2.45) is 7.05 Å². The van der Waals surface area contributed by atoms with E-state index in [2.05, 4.69) is 15.3 Å². The van der Waals surface area contributed by atoms with Gasteiger partial charge in [0.25, 0.3) is 0 Å². The van der Waals surface area contributed by atoms with Gasteiger partial charge in [-0.2, -0.15) is 5.10 Å². The van der Waals surface area contributed by atoms with Crippen LogP contribution in [0.2, 0.25) is 0 Å². The molecule has 0 aromatic carbocycles. The van der Waals surface area contributed by atoms with Gasteiger partial charge in [-0.1, -0.05) is 6.92 Å². The average Bonchev–Trinajstić information content (AvgIpc) is 3.08. The molecule has 0 saturated carbocycles. The number of methoxy groups -OCH3 is 1. The zero-order chi connectivity index (χ0) is 15.0. The number of nitrogens with zero attached hydrogens (tertiary/aromatic N) is 5. The Balaban J connectivity index is 2.20. The zero-order valence-electron chi connectivity index (χ0n) is 12.1. The SMILES string of the molecule is CCc1nn(C)cc1-c1nnc2ccc(C(=O)OC)cn12. The van der Waals surface area contributed by atoms with Crippen molar-refractivity contribution in [2.75, 3.05) is 7.11 Å². The summed E-state index contributed by atoms with van der Waals surface area (Å²) in [4.78, 5) is 11.7. The molecular weight excluding hydrogens is 270 g/mol. The Morgan fingerprint density at radius 1 is 1.29 bits per heavy atom. The largest absolute Gasteiger partial charge is 0.465 e. The molecule has 3 aromatic rings. The van der Waals surface area contributed by atoms with Crippen molar-refractivity contribution in [3.05, 3.63) is 35.8 Å². The molecule has 0 bridgehead atoms. The van der Waals surface area contributed by atoms with Gasteiger partial charge >= 0.3 is 5.97 Å². The van der Waals surface area contributed by atoms with Gasteiger partial charge in [0.1, 0.15) is 0 Å². The van der Waals surface area contributed by atoms with E-state index in [1.54, 1.807) is 27.4 Å². The van der Waals surface area contributed by atoms with Crippen LogP contribution in [0.4, 0.5) is 0 Å². The first-order valence-corrected chi connectivity index (χ1v) is 6.60. The summed E-state index contributed by atoms with van der Waals surface area (Å²) in [5.41, 5.74) is 2.97. The third-order valence-electron chi connectivity index (χ3n) is 3.30. The molecule has 0 aliphatic heterocycles. The van der Waals surface area contributed by atoms with E-state index in [0.717, 1.165) is 17.7 Å². The zero-order valence-corrected chi connectivity index (χ0v) is 12.1. The molecule has 0 N–H and O–H groups in total. The van der Waals surface area contributed by atoms with Gasteiger partial charge < -0.3 is 4.74 Å². The van der Waals surface area contributed by atoms with E-state index in [4.69, 9.17) is 4.74 Å². The monoisotopic (exact) mass is 285 g/mol. The first-order chi connectivity index (χ1) is 10.1. The standard InChI is InChI=1S/C14H15N5O2/c1-4-11-10(8-18(2)17-11)13-16-15-12-6-5-9(7-19(12)13)14(20)21-3/h5-8H,4H2,1-3H3. The van der Waals surface area contributed by atoms with E-state index in [-0.39, 0.29) is 0 Å². The van der Waals surface area contributed by atoms with Gasteiger partial charge in [0.05, 0.1) is 23.9 Å². The summed E-state index contributed by atoms with van der Waals surface area (Å²) >= 11 is 0. The lowest BCUT2D eigenvalue weighted by molar-refractivity contribution is 0.0600. The number of fused-ring (bicyclic) bond motifs is 1. The minimum Gasteiger partial charge on any atom is -0.465 e. The van der Waals surface area contributed by atoms with Crippen molar-refractivity contribution in [3.63, 3.8) is 0 Å². The van der Waals surface area contributed by atoms with Crippen molar-refractivity contribution in [2.45, 2.75) is 13.3 Å². The Morgan fingerprint density at radius 3 is 2.81 bits per heavy atom. The van der Waals surface area contributed by atoms with Gasteiger partial charge in [-0.3, -0.25) is 9.08 Å². The van der Waals surface area contributed by atoms with Crippen molar-refractivity contribution < 1.29 is 9.53 Å². The van der Waals surface area contributed by atoms with E-state index < -0.39 is 5.97 Å². The molecule has 7 heteroatoms. The lowest BCUT2D eigenvalue weighted by atomic mass is 10.2. The second-order valence-corrected chi connectivity index (χ2v) is 4.68. The van der Waals surface area contributed by atoms with Crippen LogP contribution in [0.25, 0.3) is 17.0 Å². The van der Waals surface area contributed by atoms with E-state index in [1.807, 2.05) is 20.2 Å². The minimum atomic E-state index is -0.390. The highest BCUT2D eigenvalue weighted by Crippen LogP contribution is 2.22. The fourth-order valence-corrected chi connectivity index (χ4v) is 2.30. The third-order valence-corrected chi connectivity index (χ3v) is 3.30. The molecule has 0 amide bonds. The van der Waals surface area contributed by atoms with E-state index in [9.17, 15) is 4.79 Å². The molecule has 21 heavy (non-hydrogen) atoms. The highest BCUT2D eigenvalue weighted by Gasteiger charge is 2.16. The van der Waals surface area contributed by atoms with Gasteiger partial charge in [-0.15, -0.1) is 10.2 Å². The van der Waals surface area contributed by atoms with Crippen molar-refractivity contribution in [3.8, 4) is 11.4 Å². The fourth-order valence-electron chi connectivity index (χ4n) is 2.30. The normalized spacial score (nSPS) is 11.0. The molecule has 3 aromatic heterocycles. The summed E-state index contributed by atoms with van der Waals surface area (Å²) in [6.07, 6.45) is 4.38. The number of esters is 1. The molecule has 0 aliphatic carbocycles. The molecule has 0 saturated heterocycles. The van der Waals surface area contributed by atoms with Crippen LogP contribution in [-0.2, 0) is 18.2 Å². The lowest BCUT2D eigenvalue weighted by Crippen LogP contribution is -2.03. The number of aromatic nitrogens is 5. The first-order valence-electron chi connectivity index (χ1n) is 6.60. The average molecular weight is 285 g/mol. The maximum Gasteiger partial charge on any atom is 0.339 e. The molecule has 7 nitrogen and oxygen atoms in total. The number of aryl methyl sites for hydroxylation is 2. The lowest BCUT2D eigenvalue weighted by Gasteiger charge is -2.02. The van der Waals surface area contributed by atoms with Crippen LogP contribution >= 0.6 is 0 Å². The number of rotatable bonds is 3. The minimum absolute atomic E-state index is 0.390. The summed E-state index contributed by atoms with van der Waals surface area (Å²) in [6.45, 7) is 2.04. The van der Waals surface area contributed by atoms with Gasteiger partial charge in [0.2, 0.25) is 0 Å². The topological polar surface area (TPSA) is 74.3 Å². The van der Waals surface area contributed by atoms with E-state index in [0.29, 0.717) is 17.0 Å². The van der Waals surface area contributed by atoms with Crippen LogP contribution in [0.15, 0.2) is 24.5 Å². The second kappa shape index (κ2) is 5.01. The highest BCUT2D eigenvalue weighted by atomic mass is 16.5. The Bertz CT molecular complexity index is 818. The molecule has 3 heterocycles. The van der Waals surface area contributed by atoms with Crippen LogP contribution < -0.4 is 0 Å². The summed E-state index contributed by atoms with van der Waals surface area (Å²) in [6, 6.07) is 3.41. The quantitative estimate of drug-likeness (QED) is 0.681. The van der Waals surface area contributed by atoms with Gasteiger partial charge in [-0.05, 0) is 18.6 Å². The molecule has 0 fully saturated rings. The van der Waals surface area contributed by atoms with Crippen LogP contribution in [0.3, 0.4) is 0 Å². The Hall–Kier alpha value is -2.70. The molecule has 0 spiro atoms. The molecule has 0 unspecified atom stereocenters. The number of hydrogen-bond donors (Lipinski definition) is 0. The molecular formula is C14H15N5O2. The summed E-state index contributed by atoms with van der Waals surface area (Å²) in [7, 11) is 3.22. The second-order valence-electron chi connectivity index (χ2n) is 4.68. The maximum absolute atomic E-state index is 11.7. The van der Waals surface area contributed by atoms with Crippen LogP contribution in [-0.4, -0.2) is 37.5 Å². The number of hydrogen-bond acceptors (Lipinski definition) is 5. The van der Waals surface area contributed by atoms with Gasteiger partial charge in [-0.25, -0.2) is 4.79 Å². The molecule has 0 aliphatic rings. The highest BCUT2D eigenvalue weighted by molar-refractivity contribution is 5.89. The van der Waals surface area contributed by atoms with E-state index in [1.165, 1.54) is 7.11 Å². The number of carbonyl (C=O) groups excluding carboxylic acids is 1. The first kappa shape index (κ1) is 13.3. The summed E-state index contributed by atoms with van der Waals surface area (Å²) < 4.78 is 8.28. The van der Waals surface area contributed by atoms with Crippen molar-refractivity contribution >= 4 is 11.6 Å². The Labute approximate surface area is 121 Å². The molecule has 3 rings (SSSR count). The fraction of sp³-hybridized carbons (Fsp3) is 0.286. The predicted octanol–water partition coefficient (Wildman–Crippen LogP) is 1.48. The predicted molar refractivity (Wildman–Crippen MR) is 75.9 cm³/mol. The number of carbonyl (C=O) groups is 1. The van der Waals surface area contributed by atoms with E-state index >= 15 is 0 Å². The third kappa shape index (κ3) is 2.16. The van der Waals surface area contributed by atoms with Gasteiger partial charge in [0.15, 0.2) is 11.5 Å². The van der Waals surface area contributed by atoms with Crippen LogP contribution in [0, 0.1) is 0 Å². The molecule has 0 atom stereocenters. The molecule has 108 valence electrons. The van der Waals surface area contributed by atoms with Crippen molar-refractivity contribution in [1.82, 2.24) is 24.4 Å².